The molecular formula is C22H24N4O3S. The zero-order valence-electron chi connectivity index (χ0n) is 17.4. The molecule has 1 heterocycles. The number of thioether (sulfide) groups is 1. The monoisotopic (exact) mass is 424 g/mol. The van der Waals surface area contributed by atoms with Crippen LogP contribution in [0.25, 0.3) is 11.4 Å². The van der Waals surface area contributed by atoms with Gasteiger partial charge in [-0.3, -0.25) is 9.59 Å². The summed E-state index contributed by atoms with van der Waals surface area (Å²) >= 11 is 1.34. The topological polar surface area (TPSA) is 86.1 Å². The smallest absolute Gasteiger partial charge is 0.237 e. The van der Waals surface area contributed by atoms with Gasteiger partial charge in [-0.05, 0) is 57.2 Å². The van der Waals surface area contributed by atoms with Crippen LogP contribution >= 0.6 is 11.8 Å². The number of rotatable bonds is 8. The number of ether oxygens (including phenoxy) is 1. The second-order valence-corrected chi connectivity index (χ2v) is 7.94. The summed E-state index contributed by atoms with van der Waals surface area (Å²) < 4.78 is 7.41. The minimum atomic E-state index is -0.391. The molecule has 1 N–H and O–H groups in total. The third kappa shape index (κ3) is 4.71. The van der Waals surface area contributed by atoms with Crippen LogP contribution in [-0.4, -0.2) is 38.8 Å². The normalized spacial score (nSPS) is 11.7. The molecule has 0 aliphatic heterocycles. The Morgan fingerprint density at radius 1 is 1.13 bits per heavy atom. The Morgan fingerprint density at radius 3 is 2.47 bits per heavy atom. The Bertz CT molecular complexity index is 1050. The van der Waals surface area contributed by atoms with E-state index in [1.165, 1.54) is 18.7 Å². The van der Waals surface area contributed by atoms with E-state index in [0.29, 0.717) is 28.8 Å². The molecule has 30 heavy (non-hydrogen) atoms. The van der Waals surface area contributed by atoms with Crippen molar-refractivity contribution in [1.82, 2.24) is 14.8 Å². The van der Waals surface area contributed by atoms with E-state index in [9.17, 15) is 9.59 Å². The van der Waals surface area contributed by atoms with Crippen molar-refractivity contribution >= 4 is 29.1 Å². The van der Waals surface area contributed by atoms with Gasteiger partial charge in [-0.15, -0.1) is 10.2 Å². The van der Waals surface area contributed by atoms with Crippen molar-refractivity contribution in [2.45, 2.75) is 37.7 Å². The number of carbonyl (C=O) groups excluding carboxylic acids is 2. The number of para-hydroxylation sites is 1. The molecule has 0 radical (unpaired) electrons. The zero-order chi connectivity index (χ0) is 21.7. The van der Waals surface area contributed by atoms with E-state index in [1.807, 2.05) is 42.7 Å². The fourth-order valence-corrected chi connectivity index (χ4v) is 3.85. The van der Waals surface area contributed by atoms with Gasteiger partial charge in [0.25, 0.3) is 0 Å². The lowest BCUT2D eigenvalue weighted by molar-refractivity contribution is -0.115. The molecule has 7 nitrogen and oxygen atoms in total. The zero-order valence-corrected chi connectivity index (χ0v) is 18.2. The van der Waals surface area contributed by atoms with Crippen molar-refractivity contribution in [3.05, 3.63) is 54.1 Å². The number of Topliss-reactive ketones (excluding diaryl/α,β-unsaturated/α-hetero) is 1. The number of nitrogens with zero attached hydrogens (tertiary/aromatic N) is 3. The van der Waals surface area contributed by atoms with Crippen molar-refractivity contribution in [1.29, 1.82) is 0 Å². The highest BCUT2D eigenvalue weighted by atomic mass is 32.2. The maximum Gasteiger partial charge on any atom is 0.237 e. The number of amides is 1. The lowest BCUT2D eigenvalue weighted by Gasteiger charge is -2.13. The molecule has 3 rings (SSSR count). The first-order valence-electron chi connectivity index (χ1n) is 9.59. The number of benzene rings is 2. The van der Waals surface area contributed by atoms with Gasteiger partial charge in [0, 0.05) is 17.8 Å². The van der Waals surface area contributed by atoms with Gasteiger partial charge in [0.1, 0.15) is 5.75 Å². The van der Waals surface area contributed by atoms with Crippen LogP contribution in [0.1, 0.15) is 31.1 Å². The molecule has 0 aliphatic rings. The lowest BCUT2D eigenvalue weighted by atomic mass is 10.1. The molecule has 3 aromatic rings. The molecule has 8 heteroatoms. The first kappa shape index (κ1) is 21.6. The van der Waals surface area contributed by atoms with Crippen molar-refractivity contribution in [3.8, 4) is 17.1 Å². The second kappa shape index (κ2) is 9.58. The predicted molar refractivity (Wildman–Crippen MR) is 118 cm³/mol. The van der Waals surface area contributed by atoms with Crippen molar-refractivity contribution in [2.75, 3.05) is 12.4 Å². The molecule has 0 spiro atoms. The summed E-state index contributed by atoms with van der Waals surface area (Å²) in [5.74, 6) is 1.25. The Labute approximate surface area is 179 Å². The first-order valence-corrected chi connectivity index (χ1v) is 10.5. The summed E-state index contributed by atoms with van der Waals surface area (Å²) in [6, 6.07) is 14.5. The number of anilines is 1. The summed E-state index contributed by atoms with van der Waals surface area (Å²) in [6.45, 7) is 5.99. The van der Waals surface area contributed by atoms with E-state index in [4.69, 9.17) is 4.74 Å². The number of methoxy groups -OCH3 is 1. The highest BCUT2D eigenvalue weighted by molar-refractivity contribution is 8.00. The van der Waals surface area contributed by atoms with Crippen LogP contribution in [0.3, 0.4) is 0 Å². The number of ketones is 1. The number of aromatic nitrogens is 3. The molecule has 1 amide bonds. The van der Waals surface area contributed by atoms with Gasteiger partial charge in [-0.2, -0.15) is 0 Å². The molecular weight excluding hydrogens is 400 g/mol. The van der Waals surface area contributed by atoms with Gasteiger partial charge in [0.05, 0.1) is 17.9 Å². The van der Waals surface area contributed by atoms with E-state index >= 15 is 0 Å². The van der Waals surface area contributed by atoms with Crippen molar-refractivity contribution in [3.63, 3.8) is 0 Å². The standard InChI is InChI=1S/C22H24N4O3S/c1-5-26-20(18-8-6-7-9-19(18)29-4)24-25-22(26)30-15(3)21(28)23-17-12-10-16(11-13-17)14(2)27/h6-13,15H,5H2,1-4H3,(H,23,28)/t15-/m0/s1. The molecule has 0 unspecified atom stereocenters. The van der Waals surface area contributed by atoms with Gasteiger partial charge in [0.15, 0.2) is 16.8 Å². The van der Waals surface area contributed by atoms with E-state index < -0.39 is 5.25 Å². The van der Waals surface area contributed by atoms with Gasteiger partial charge in [-0.1, -0.05) is 23.9 Å². The second-order valence-electron chi connectivity index (χ2n) is 6.63. The lowest BCUT2D eigenvalue weighted by Crippen LogP contribution is -2.23. The van der Waals surface area contributed by atoms with Crippen molar-refractivity contribution in [2.24, 2.45) is 0 Å². The fourth-order valence-electron chi connectivity index (χ4n) is 2.93. The molecule has 156 valence electrons. The number of nitrogens with one attached hydrogen (secondary N) is 1. The maximum atomic E-state index is 12.6. The Kier molecular flexibility index (Phi) is 6.89. The predicted octanol–water partition coefficient (Wildman–Crippen LogP) is 4.30. The number of hydrogen-bond donors (Lipinski definition) is 1. The molecule has 0 aliphatic carbocycles. The molecule has 0 fully saturated rings. The minimum Gasteiger partial charge on any atom is -0.496 e. The molecule has 1 aromatic heterocycles. The number of carbonyl (C=O) groups is 2. The van der Waals surface area contributed by atoms with E-state index in [2.05, 4.69) is 15.5 Å². The van der Waals surface area contributed by atoms with E-state index in [-0.39, 0.29) is 11.7 Å². The van der Waals surface area contributed by atoms with Gasteiger partial charge in [-0.25, -0.2) is 0 Å². The number of hydrogen-bond acceptors (Lipinski definition) is 6. The van der Waals surface area contributed by atoms with Gasteiger partial charge >= 0.3 is 0 Å². The van der Waals surface area contributed by atoms with E-state index in [1.54, 1.807) is 31.4 Å². The van der Waals surface area contributed by atoms with Crippen LogP contribution < -0.4 is 10.1 Å². The average Bonchev–Trinajstić information content (AvgIpc) is 3.16. The van der Waals surface area contributed by atoms with Gasteiger partial charge < -0.3 is 14.6 Å². The van der Waals surface area contributed by atoms with Gasteiger partial charge in [0.2, 0.25) is 5.91 Å². The average molecular weight is 425 g/mol. The molecule has 0 bridgehead atoms. The molecule has 2 aromatic carbocycles. The summed E-state index contributed by atoms with van der Waals surface area (Å²) in [4.78, 5) is 24.0. The van der Waals surface area contributed by atoms with Crippen molar-refractivity contribution < 1.29 is 14.3 Å². The summed E-state index contributed by atoms with van der Waals surface area (Å²) in [5, 5.41) is 11.8. The van der Waals surface area contributed by atoms with Crippen LogP contribution in [-0.2, 0) is 11.3 Å². The fraction of sp³-hybridized carbons (Fsp3) is 0.273. The highest BCUT2D eigenvalue weighted by Crippen LogP contribution is 2.32. The van der Waals surface area contributed by atoms with Crippen LogP contribution in [0.2, 0.25) is 0 Å². The third-order valence-electron chi connectivity index (χ3n) is 4.59. The summed E-state index contributed by atoms with van der Waals surface area (Å²) in [5.41, 5.74) is 2.10. The highest BCUT2D eigenvalue weighted by Gasteiger charge is 2.21. The largest absolute Gasteiger partial charge is 0.496 e. The Hall–Kier alpha value is -3.13. The minimum absolute atomic E-state index is 0.0125. The molecule has 1 atom stereocenters. The van der Waals surface area contributed by atoms with Crippen LogP contribution in [0.4, 0.5) is 5.69 Å². The third-order valence-corrected chi connectivity index (χ3v) is 5.67. The Balaban J connectivity index is 1.75. The van der Waals surface area contributed by atoms with E-state index in [0.717, 1.165) is 11.3 Å². The molecule has 0 saturated carbocycles. The quantitative estimate of drug-likeness (QED) is 0.429. The SMILES string of the molecule is CCn1c(S[C@@H](C)C(=O)Nc2ccc(C(C)=O)cc2)nnc1-c1ccccc1OC. The first-order chi connectivity index (χ1) is 14.4. The Morgan fingerprint density at radius 2 is 1.83 bits per heavy atom. The van der Waals surface area contributed by atoms with Crippen LogP contribution in [0.15, 0.2) is 53.7 Å². The van der Waals surface area contributed by atoms with Crippen LogP contribution in [0.5, 0.6) is 5.75 Å². The summed E-state index contributed by atoms with van der Waals surface area (Å²) in [6.07, 6.45) is 0. The van der Waals surface area contributed by atoms with Crippen LogP contribution in [0, 0.1) is 0 Å². The molecule has 0 saturated heterocycles. The maximum absolute atomic E-state index is 12.6. The summed E-state index contributed by atoms with van der Waals surface area (Å²) in [7, 11) is 1.62.